The van der Waals surface area contributed by atoms with Crippen LogP contribution in [0.2, 0.25) is 0 Å². The minimum Gasteiger partial charge on any atom is -0.474 e. The van der Waals surface area contributed by atoms with Crippen LogP contribution in [0.3, 0.4) is 0 Å². The van der Waals surface area contributed by atoms with Crippen molar-refractivity contribution < 1.29 is 31.8 Å². The Kier molecular flexibility index (Phi) is 4.16. The molecular weight excluding hydrogens is 259 g/mol. The highest BCUT2D eigenvalue weighted by molar-refractivity contribution is 5.22. The minimum absolute atomic E-state index is 0.347. The van der Waals surface area contributed by atoms with Crippen molar-refractivity contribution in [2.75, 3.05) is 0 Å². The van der Waals surface area contributed by atoms with Crippen molar-refractivity contribution in [3.05, 3.63) is 30.3 Å². The molecule has 0 aliphatic heterocycles. The Labute approximate surface area is 100.0 Å². The summed E-state index contributed by atoms with van der Waals surface area (Å²) < 4.78 is 68.5. The van der Waals surface area contributed by atoms with Gasteiger partial charge in [-0.3, -0.25) is 0 Å². The molecule has 18 heavy (non-hydrogen) atoms. The third kappa shape index (κ3) is 3.32. The Morgan fingerprint density at radius 2 is 1.56 bits per heavy atom. The van der Waals surface area contributed by atoms with Crippen molar-refractivity contribution in [3.63, 3.8) is 0 Å². The van der Waals surface area contributed by atoms with Gasteiger partial charge in [0.25, 0.3) is 6.10 Å². The summed E-state index contributed by atoms with van der Waals surface area (Å²) in [5.41, 5.74) is 0. The number of para-hydroxylation sites is 1. The van der Waals surface area contributed by atoms with Gasteiger partial charge < -0.3 is 9.84 Å². The van der Waals surface area contributed by atoms with Crippen molar-refractivity contribution in [1.82, 2.24) is 0 Å². The average molecular weight is 270 g/mol. The first-order chi connectivity index (χ1) is 8.15. The average Bonchev–Trinajstić information content (AvgIpc) is 2.25. The standard InChI is InChI=1S/C11H11F5O2/c1-7(17)10(12,13)9(11(14,15)16)18-8-5-3-2-4-6-8/h2-7,9,17H,1H3. The van der Waals surface area contributed by atoms with E-state index in [0.29, 0.717) is 6.92 Å². The fourth-order valence-corrected chi connectivity index (χ4v) is 1.22. The first kappa shape index (κ1) is 14.7. The van der Waals surface area contributed by atoms with Gasteiger partial charge in [-0.25, -0.2) is 0 Å². The largest absolute Gasteiger partial charge is 0.474 e. The van der Waals surface area contributed by atoms with Crippen LogP contribution >= 0.6 is 0 Å². The molecule has 0 bridgehead atoms. The van der Waals surface area contributed by atoms with Crippen molar-refractivity contribution >= 4 is 0 Å². The maximum absolute atomic E-state index is 13.3. The van der Waals surface area contributed by atoms with Crippen molar-refractivity contribution in [1.29, 1.82) is 0 Å². The lowest BCUT2D eigenvalue weighted by atomic mass is 10.1. The molecule has 0 aliphatic carbocycles. The second kappa shape index (κ2) is 5.09. The van der Waals surface area contributed by atoms with E-state index in [0.717, 1.165) is 12.1 Å². The molecular formula is C11H11F5O2. The van der Waals surface area contributed by atoms with E-state index in [1.807, 2.05) is 0 Å². The Hall–Kier alpha value is -1.37. The van der Waals surface area contributed by atoms with Gasteiger partial charge in [-0.1, -0.05) is 18.2 Å². The molecule has 2 nitrogen and oxygen atoms in total. The molecule has 0 spiro atoms. The van der Waals surface area contributed by atoms with Gasteiger partial charge in [-0.05, 0) is 19.1 Å². The zero-order valence-corrected chi connectivity index (χ0v) is 9.29. The molecule has 0 aromatic heterocycles. The summed E-state index contributed by atoms with van der Waals surface area (Å²) in [5.74, 6) is -4.78. The number of benzene rings is 1. The number of ether oxygens (including phenoxy) is 1. The monoisotopic (exact) mass is 270 g/mol. The van der Waals surface area contributed by atoms with Crippen molar-refractivity contribution in [2.45, 2.75) is 31.2 Å². The van der Waals surface area contributed by atoms with E-state index in [-0.39, 0.29) is 5.75 Å². The maximum Gasteiger partial charge on any atom is 0.431 e. The van der Waals surface area contributed by atoms with Crippen LogP contribution in [-0.2, 0) is 0 Å². The topological polar surface area (TPSA) is 29.5 Å². The molecule has 0 amide bonds. The van der Waals surface area contributed by atoms with E-state index in [1.54, 1.807) is 0 Å². The summed E-state index contributed by atoms with van der Waals surface area (Å²) in [6.45, 7) is 0.576. The molecule has 7 heteroatoms. The summed E-state index contributed by atoms with van der Waals surface area (Å²) in [4.78, 5) is 0. The fourth-order valence-electron chi connectivity index (χ4n) is 1.22. The fraction of sp³-hybridized carbons (Fsp3) is 0.455. The van der Waals surface area contributed by atoms with Gasteiger partial charge in [-0.15, -0.1) is 0 Å². The van der Waals surface area contributed by atoms with Crippen molar-refractivity contribution in [2.24, 2.45) is 0 Å². The van der Waals surface area contributed by atoms with Crippen LogP contribution in [0.5, 0.6) is 5.75 Å². The first-order valence-electron chi connectivity index (χ1n) is 5.00. The lowest BCUT2D eigenvalue weighted by molar-refractivity contribution is -0.279. The Balaban J connectivity index is 3.01. The highest BCUT2D eigenvalue weighted by Gasteiger charge is 2.60. The number of aliphatic hydroxyl groups is 1. The predicted molar refractivity (Wildman–Crippen MR) is 53.5 cm³/mol. The smallest absolute Gasteiger partial charge is 0.431 e. The Morgan fingerprint density at radius 1 is 1.06 bits per heavy atom. The van der Waals surface area contributed by atoms with Gasteiger partial charge in [-0.2, -0.15) is 22.0 Å². The first-order valence-corrected chi connectivity index (χ1v) is 5.00. The van der Waals surface area contributed by atoms with Crippen LogP contribution in [-0.4, -0.2) is 29.4 Å². The molecule has 0 aliphatic rings. The summed E-state index contributed by atoms with van der Waals surface area (Å²) in [7, 11) is 0. The quantitative estimate of drug-likeness (QED) is 0.852. The predicted octanol–water partition coefficient (Wildman–Crippen LogP) is 3.01. The van der Waals surface area contributed by atoms with Crippen LogP contribution < -0.4 is 4.74 Å². The number of hydrogen-bond acceptors (Lipinski definition) is 2. The maximum atomic E-state index is 13.3. The number of halogens is 5. The zero-order valence-electron chi connectivity index (χ0n) is 9.29. The lowest BCUT2D eigenvalue weighted by Crippen LogP contribution is -2.54. The normalized spacial score (nSPS) is 16.2. The molecule has 0 heterocycles. The lowest BCUT2D eigenvalue weighted by Gasteiger charge is -2.30. The van der Waals surface area contributed by atoms with Gasteiger partial charge in [0.1, 0.15) is 11.9 Å². The molecule has 0 fully saturated rings. The number of rotatable bonds is 4. The summed E-state index contributed by atoms with van der Waals surface area (Å²) >= 11 is 0. The second-order valence-electron chi connectivity index (χ2n) is 3.70. The van der Waals surface area contributed by atoms with E-state index in [9.17, 15) is 22.0 Å². The Morgan fingerprint density at radius 3 is 1.94 bits per heavy atom. The molecule has 102 valence electrons. The van der Waals surface area contributed by atoms with E-state index in [4.69, 9.17) is 5.11 Å². The van der Waals surface area contributed by atoms with E-state index in [2.05, 4.69) is 4.74 Å². The summed E-state index contributed by atoms with van der Waals surface area (Å²) in [6, 6.07) is 6.45. The van der Waals surface area contributed by atoms with Crippen LogP contribution in [0, 0.1) is 0 Å². The summed E-state index contributed by atoms with van der Waals surface area (Å²) in [5, 5.41) is 8.76. The minimum atomic E-state index is -5.30. The molecule has 2 atom stereocenters. The van der Waals surface area contributed by atoms with E-state index in [1.165, 1.54) is 18.2 Å². The van der Waals surface area contributed by atoms with Gasteiger partial charge in [0.2, 0.25) is 0 Å². The van der Waals surface area contributed by atoms with Crippen LogP contribution in [0.15, 0.2) is 30.3 Å². The van der Waals surface area contributed by atoms with Crippen LogP contribution in [0.4, 0.5) is 22.0 Å². The number of hydrogen-bond donors (Lipinski definition) is 1. The molecule has 1 N–H and O–H groups in total. The second-order valence-corrected chi connectivity index (χ2v) is 3.70. The van der Waals surface area contributed by atoms with E-state index < -0.39 is 24.3 Å². The molecule has 1 aromatic rings. The third-order valence-corrected chi connectivity index (χ3v) is 2.20. The SMILES string of the molecule is CC(O)C(F)(F)C(Oc1ccccc1)C(F)(F)F. The molecule has 0 saturated carbocycles. The van der Waals surface area contributed by atoms with Gasteiger partial charge in [0, 0.05) is 0 Å². The Bertz CT molecular complexity index is 375. The summed E-state index contributed by atoms with van der Waals surface area (Å²) in [6.07, 6.45) is -11.2. The number of alkyl halides is 5. The van der Waals surface area contributed by atoms with Crippen LogP contribution in [0.25, 0.3) is 0 Å². The van der Waals surface area contributed by atoms with Crippen molar-refractivity contribution in [3.8, 4) is 5.75 Å². The number of aliphatic hydroxyl groups excluding tert-OH is 1. The molecule has 0 radical (unpaired) electrons. The highest BCUT2D eigenvalue weighted by Crippen LogP contribution is 2.37. The van der Waals surface area contributed by atoms with Gasteiger partial charge in [0.15, 0.2) is 0 Å². The molecule has 0 saturated heterocycles. The highest BCUT2D eigenvalue weighted by atomic mass is 19.4. The molecule has 1 aromatic carbocycles. The zero-order chi connectivity index (χ0) is 14.0. The molecule has 1 rings (SSSR count). The van der Waals surface area contributed by atoms with Gasteiger partial charge >= 0.3 is 12.1 Å². The molecule has 2 unspecified atom stereocenters. The van der Waals surface area contributed by atoms with Gasteiger partial charge in [0.05, 0.1) is 0 Å². The van der Waals surface area contributed by atoms with E-state index >= 15 is 0 Å². The van der Waals surface area contributed by atoms with Crippen LogP contribution in [0.1, 0.15) is 6.92 Å². The third-order valence-electron chi connectivity index (χ3n) is 2.20.